The Balaban J connectivity index is 1.64. The number of nitrogens with one attached hydrogen (secondary N) is 1. The zero-order valence-electron chi connectivity index (χ0n) is 19.7. The lowest BCUT2D eigenvalue weighted by atomic mass is 9.93. The van der Waals surface area contributed by atoms with Crippen LogP contribution in [0.4, 0.5) is 0 Å². The van der Waals surface area contributed by atoms with Gasteiger partial charge in [0.2, 0.25) is 5.91 Å². The topological polar surface area (TPSA) is 110 Å². The van der Waals surface area contributed by atoms with E-state index in [0.717, 1.165) is 58.9 Å². The summed E-state index contributed by atoms with van der Waals surface area (Å²) in [5.41, 5.74) is 4.15. The van der Waals surface area contributed by atoms with Crippen molar-refractivity contribution in [2.75, 3.05) is 0 Å². The molecule has 0 saturated carbocycles. The zero-order chi connectivity index (χ0) is 23.9. The number of hydrogen-bond donors (Lipinski definition) is 2. The molecule has 2 aromatic heterocycles. The van der Waals surface area contributed by atoms with Crippen molar-refractivity contribution in [2.24, 2.45) is 5.92 Å². The average Bonchev–Trinajstić information content (AvgIpc) is 3.13. The highest BCUT2D eigenvalue weighted by atomic mass is 16.4. The van der Waals surface area contributed by atoms with Gasteiger partial charge in [0.25, 0.3) is 0 Å². The molecule has 7 nitrogen and oxygen atoms in total. The predicted octanol–water partition coefficient (Wildman–Crippen LogP) is 4.58. The Morgan fingerprint density at radius 2 is 1.76 bits per heavy atom. The Kier molecular flexibility index (Phi) is 6.32. The van der Waals surface area contributed by atoms with Crippen LogP contribution in [0.3, 0.4) is 0 Å². The van der Waals surface area contributed by atoms with E-state index < -0.39 is 23.5 Å². The number of carboxylic acid groups (broad SMARTS) is 1. The van der Waals surface area contributed by atoms with Crippen LogP contribution in [-0.4, -0.2) is 23.0 Å². The molecule has 33 heavy (non-hydrogen) atoms. The van der Waals surface area contributed by atoms with Crippen LogP contribution >= 0.6 is 0 Å². The first kappa shape index (κ1) is 23.1. The van der Waals surface area contributed by atoms with E-state index in [2.05, 4.69) is 11.4 Å². The van der Waals surface area contributed by atoms with Gasteiger partial charge >= 0.3 is 11.6 Å². The van der Waals surface area contributed by atoms with Crippen molar-refractivity contribution in [3.8, 4) is 0 Å². The van der Waals surface area contributed by atoms with Crippen molar-refractivity contribution in [3.63, 3.8) is 0 Å². The third kappa shape index (κ3) is 4.41. The highest BCUT2D eigenvalue weighted by Crippen LogP contribution is 2.37. The molecule has 4 rings (SSSR count). The predicted molar refractivity (Wildman–Crippen MR) is 126 cm³/mol. The highest BCUT2D eigenvalue weighted by Gasteiger charge is 2.24. The van der Waals surface area contributed by atoms with Gasteiger partial charge in [-0.15, -0.1) is 0 Å². The largest absolute Gasteiger partial charge is 0.480 e. The molecule has 176 valence electrons. The molecule has 0 bridgehead atoms. The van der Waals surface area contributed by atoms with Gasteiger partial charge in [-0.2, -0.15) is 0 Å². The number of carbonyl (C=O) groups is 2. The third-order valence-electron chi connectivity index (χ3n) is 6.67. The maximum absolute atomic E-state index is 12.8. The van der Waals surface area contributed by atoms with Gasteiger partial charge < -0.3 is 19.3 Å². The number of rotatable bonds is 7. The molecule has 0 unspecified atom stereocenters. The summed E-state index contributed by atoms with van der Waals surface area (Å²) in [7, 11) is 0. The molecule has 3 aromatic rings. The molecule has 1 aromatic carbocycles. The second kappa shape index (κ2) is 9.04. The van der Waals surface area contributed by atoms with Crippen molar-refractivity contribution in [2.45, 2.75) is 78.7 Å². The van der Waals surface area contributed by atoms with Gasteiger partial charge in [0.05, 0.1) is 0 Å². The molecule has 1 amide bonds. The standard InChI is InChI=1S/C26H31NO6/c1-13(2)11-20(25(29)30)27-22(28)10-9-16-14(3)18-12-19-17-7-5-6-8-21(17)32-24(19)15(4)23(18)33-26(16)31/h12-13,20H,5-11H2,1-4H3,(H,27,28)(H,29,30)/t20-/m0/s1. The molecule has 1 aliphatic carbocycles. The molecular weight excluding hydrogens is 422 g/mol. The molecule has 2 N–H and O–H groups in total. The van der Waals surface area contributed by atoms with Crippen LogP contribution in [0.2, 0.25) is 0 Å². The van der Waals surface area contributed by atoms with E-state index in [1.54, 1.807) is 0 Å². The second-order valence-corrected chi connectivity index (χ2v) is 9.55. The van der Waals surface area contributed by atoms with Crippen molar-refractivity contribution in [3.05, 3.63) is 44.5 Å². The third-order valence-corrected chi connectivity index (χ3v) is 6.67. The Bertz CT molecular complexity index is 1300. The molecule has 2 heterocycles. The van der Waals surface area contributed by atoms with Gasteiger partial charge in [0, 0.05) is 40.3 Å². The normalized spacial score (nSPS) is 14.6. The molecule has 0 radical (unpaired) electrons. The van der Waals surface area contributed by atoms with Crippen LogP contribution in [0, 0.1) is 19.8 Å². The SMILES string of the molecule is Cc1c(CCC(=O)N[C@@H](CC(C)C)C(=O)O)c(=O)oc2c(C)c3oc4c(c3cc12)CCCC4. The maximum Gasteiger partial charge on any atom is 0.339 e. The van der Waals surface area contributed by atoms with Gasteiger partial charge in [-0.25, -0.2) is 9.59 Å². The Morgan fingerprint density at radius 1 is 1.06 bits per heavy atom. The summed E-state index contributed by atoms with van der Waals surface area (Å²) >= 11 is 0. The van der Waals surface area contributed by atoms with Gasteiger partial charge in [0.1, 0.15) is 23.0 Å². The Labute approximate surface area is 192 Å². The van der Waals surface area contributed by atoms with Crippen LogP contribution in [0.25, 0.3) is 21.9 Å². The lowest BCUT2D eigenvalue weighted by Crippen LogP contribution is -2.41. The summed E-state index contributed by atoms with van der Waals surface area (Å²) in [6, 6.07) is 1.12. The minimum Gasteiger partial charge on any atom is -0.480 e. The number of aryl methyl sites for hydroxylation is 4. The van der Waals surface area contributed by atoms with Crippen molar-refractivity contribution >= 4 is 33.8 Å². The van der Waals surface area contributed by atoms with E-state index in [9.17, 15) is 19.5 Å². The van der Waals surface area contributed by atoms with Crippen LogP contribution in [0.5, 0.6) is 0 Å². The number of hydrogen-bond acceptors (Lipinski definition) is 5. The van der Waals surface area contributed by atoms with Crippen molar-refractivity contribution in [1.29, 1.82) is 0 Å². The van der Waals surface area contributed by atoms with E-state index in [0.29, 0.717) is 17.6 Å². The molecule has 0 aliphatic heterocycles. The summed E-state index contributed by atoms with van der Waals surface area (Å²) in [6.45, 7) is 7.60. The van der Waals surface area contributed by atoms with E-state index in [1.165, 1.54) is 5.56 Å². The first-order valence-corrected chi connectivity index (χ1v) is 11.7. The number of amides is 1. The minimum atomic E-state index is -1.05. The maximum atomic E-state index is 12.8. The van der Waals surface area contributed by atoms with Crippen LogP contribution in [0.1, 0.15) is 67.5 Å². The van der Waals surface area contributed by atoms with Crippen LogP contribution in [0.15, 0.2) is 19.7 Å². The molecule has 0 fully saturated rings. The molecule has 7 heteroatoms. The number of fused-ring (bicyclic) bond motifs is 4. The fourth-order valence-electron chi connectivity index (χ4n) is 4.90. The van der Waals surface area contributed by atoms with Gasteiger partial charge in [-0.1, -0.05) is 13.8 Å². The first-order chi connectivity index (χ1) is 15.7. The summed E-state index contributed by atoms with van der Waals surface area (Å²) in [6.07, 6.45) is 4.71. The molecule has 1 aliphatic rings. The van der Waals surface area contributed by atoms with Crippen LogP contribution < -0.4 is 10.9 Å². The second-order valence-electron chi connectivity index (χ2n) is 9.55. The zero-order valence-corrected chi connectivity index (χ0v) is 19.7. The monoisotopic (exact) mass is 453 g/mol. The minimum absolute atomic E-state index is 0.0152. The fourth-order valence-corrected chi connectivity index (χ4v) is 4.90. The number of benzene rings is 1. The average molecular weight is 454 g/mol. The first-order valence-electron chi connectivity index (χ1n) is 11.7. The number of aliphatic carboxylic acids is 1. The summed E-state index contributed by atoms with van der Waals surface area (Å²) in [5.74, 6) is -0.283. The van der Waals surface area contributed by atoms with Crippen molar-refractivity contribution in [1.82, 2.24) is 5.32 Å². The van der Waals surface area contributed by atoms with E-state index in [1.807, 2.05) is 27.7 Å². The van der Waals surface area contributed by atoms with E-state index in [-0.39, 0.29) is 18.8 Å². The Morgan fingerprint density at radius 3 is 2.45 bits per heavy atom. The summed E-state index contributed by atoms with van der Waals surface area (Å²) < 4.78 is 11.8. The van der Waals surface area contributed by atoms with Crippen molar-refractivity contribution < 1.29 is 23.5 Å². The van der Waals surface area contributed by atoms with E-state index >= 15 is 0 Å². The molecule has 0 spiro atoms. The fraction of sp³-hybridized carbons (Fsp3) is 0.500. The van der Waals surface area contributed by atoms with E-state index in [4.69, 9.17) is 8.83 Å². The summed E-state index contributed by atoms with van der Waals surface area (Å²) in [4.78, 5) is 36.7. The van der Waals surface area contributed by atoms with Gasteiger partial charge in [0.15, 0.2) is 0 Å². The highest BCUT2D eigenvalue weighted by molar-refractivity contribution is 6.00. The lowest BCUT2D eigenvalue weighted by Gasteiger charge is -2.16. The lowest BCUT2D eigenvalue weighted by molar-refractivity contribution is -0.142. The van der Waals surface area contributed by atoms with Gasteiger partial charge in [-0.3, -0.25) is 4.79 Å². The Hall–Kier alpha value is -3.09. The smallest absolute Gasteiger partial charge is 0.339 e. The molecule has 1 atom stereocenters. The molecule has 0 saturated heterocycles. The number of carboxylic acids is 1. The quantitative estimate of drug-likeness (QED) is 0.507. The summed E-state index contributed by atoms with van der Waals surface area (Å²) in [5, 5.41) is 13.9. The van der Waals surface area contributed by atoms with Crippen LogP contribution in [-0.2, 0) is 28.9 Å². The number of carbonyl (C=O) groups excluding carboxylic acids is 1. The van der Waals surface area contributed by atoms with Gasteiger partial charge in [-0.05, 0) is 63.5 Å². The molecular formula is C26H31NO6. The number of furan rings is 1.